The summed E-state index contributed by atoms with van der Waals surface area (Å²) >= 11 is 1.42. The lowest BCUT2D eigenvalue weighted by Gasteiger charge is -2.33. The normalized spacial score (nSPS) is 24.9. The van der Waals surface area contributed by atoms with Crippen LogP contribution in [0.1, 0.15) is 33.5 Å². The summed E-state index contributed by atoms with van der Waals surface area (Å²) in [6, 6.07) is 1.83. The summed E-state index contributed by atoms with van der Waals surface area (Å²) in [5, 5.41) is 12.2. The van der Waals surface area contributed by atoms with Crippen molar-refractivity contribution in [1.29, 1.82) is 0 Å². The fourth-order valence-electron chi connectivity index (χ4n) is 2.00. The summed E-state index contributed by atoms with van der Waals surface area (Å²) in [6.45, 7) is 2.19. The first-order valence-electron chi connectivity index (χ1n) is 5.08. The van der Waals surface area contributed by atoms with E-state index in [-0.39, 0.29) is 5.54 Å². The maximum atomic E-state index is 10.8. The molecule has 0 aliphatic heterocycles. The van der Waals surface area contributed by atoms with E-state index < -0.39 is 5.97 Å². The van der Waals surface area contributed by atoms with E-state index in [1.54, 1.807) is 0 Å². The quantitative estimate of drug-likeness (QED) is 0.808. The molecule has 15 heavy (non-hydrogen) atoms. The number of rotatable bonds is 2. The van der Waals surface area contributed by atoms with E-state index in [0.717, 1.165) is 19.3 Å². The Kier molecular flexibility index (Phi) is 2.56. The molecule has 0 fully saturated rings. The Balaban J connectivity index is 2.30. The van der Waals surface area contributed by atoms with Crippen molar-refractivity contribution < 1.29 is 9.90 Å². The number of hydrogen-bond donors (Lipinski definition) is 2. The van der Waals surface area contributed by atoms with Gasteiger partial charge < -0.3 is 10.4 Å². The maximum Gasteiger partial charge on any atom is 0.345 e. The zero-order valence-corrected chi connectivity index (χ0v) is 9.78. The number of nitrogens with one attached hydrogen (secondary N) is 1. The molecule has 1 aliphatic rings. The molecule has 1 aromatic rings. The third-order valence-electron chi connectivity index (χ3n) is 3.21. The van der Waals surface area contributed by atoms with Crippen LogP contribution in [0.25, 0.3) is 0 Å². The van der Waals surface area contributed by atoms with E-state index in [9.17, 15) is 4.79 Å². The lowest BCUT2D eigenvalue weighted by molar-refractivity contribution is 0.0702. The van der Waals surface area contributed by atoms with Gasteiger partial charge in [-0.05, 0) is 44.9 Å². The molecule has 0 aromatic carbocycles. The molecule has 0 spiro atoms. The largest absolute Gasteiger partial charge is 0.477 e. The molecule has 2 rings (SSSR count). The number of carboxylic acid groups (broad SMARTS) is 1. The van der Waals surface area contributed by atoms with Gasteiger partial charge in [0.1, 0.15) is 4.88 Å². The van der Waals surface area contributed by atoms with Gasteiger partial charge >= 0.3 is 5.97 Å². The van der Waals surface area contributed by atoms with Crippen LogP contribution in [-0.2, 0) is 12.8 Å². The Morgan fingerprint density at radius 2 is 2.40 bits per heavy atom. The molecule has 0 saturated heterocycles. The third kappa shape index (κ3) is 1.92. The van der Waals surface area contributed by atoms with Gasteiger partial charge in [-0.1, -0.05) is 0 Å². The van der Waals surface area contributed by atoms with Gasteiger partial charge in [0.15, 0.2) is 0 Å². The van der Waals surface area contributed by atoms with Crippen molar-refractivity contribution in [3.05, 3.63) is 21.4 Å². The van der Waals surface area contributed by atoms with Crippen molar-refractivity contribution in [1.82, 2.24) is 5.32 Å². The molecule has 1 aromatic heterocycles. The van der Waals surface area contributed by atoms with E-state index >= 15 is 0 Å². The number of thiophene rings is 1. The van der Waals surface area contributed by atoms with Crippen LogP contribution in [-0.4, -0.2) is 23.7 Å². The van der Waals surface area contributed by atoms with E-state index in [4.69, 9.17) is 5.11 Å². The zero-order chi connectivity index (χ0) is 11.1. The molecule has 0 radical (unpaired) electrons. The molecule has 3 nitrogen and oxygen atoms in total. The van der Waals surface area contributed by atoms with Gasteiger partial charge in [0, 0.05) is 10.4 Å². The molecule has 2 N–H and O–H groups in total. The molecule has 1 heterocycles. The lowest BCUT2D eigenvalue weighted by Crippen LogP contribution is -2.44. The van der Waals surface area contributed by atoms with E-state index in [2.05, 4.69) is 12.2 Å². The van der Waals surface area contributed by atoms with Crippen LogP contribution in [0, 0.1) is 0 Å². The number of carboxylic acids is 1. The summed E-state index contributed by atoms with van der Waals surface area (Å²) in [6.07, 6.45) is 3.00. The molecule has 1 atom stereocenters. The second-order valence-corrected chi connectivity index (χ2v) is 5.49. The summed E-state index contributed by atoms with van der Waals surface area (Å²) in [5.74, 6) is -0.805. The minimum absolute atomic E-state index is 0.133. The second-order valence-electron chi connectivity index (χ2n) is 4.35. The predicted molar refractivity (Wildman–Crippen MR) is 60.8 cm³/mol. The van der Waals surface area contributed by atoms with Crippen LogP contribution in [0.15, 0.2) is 6.07 Å². The second kappa shape index (κ2) is 3.61. The summed E-state index contributed by atoms with van der Waals surface area (Å²) in [5.41, 5.74) is 1.36. The Bertz CT molecular complexity index is 399. The standard InChI is InChI=1S/C11H15NO2S/c1-11(12-2)4-3-7-5-8(10(13)14)15-9(7)6-11/h5,12H,3-4,6H2,1-2H3,(H,13,14). The van der Waals surface area contributed by atoms with Crippen LogP contribution in [0.3, 0.4) is 0 Å². The molecule has 0 saturated carbocycles. The van der Waals surface area contributed by atoms with Crippen LogP contribution < -0.4 is 5.32 Å². The summed E-state index contributed by atoms with van der Waals surface area (Å²) in [4.78, 5) is 12.5. The average molecular weight is 225 g/mol. The SMILES string of the molecule is CNC1(C)CCc2cc(C(=O)O)sc2C1. The van der Waals surface area contributed by atoms with Crippen LogP contribution >= 0.6 is 11.3 Å². The summed E-state index contributed by atoms with van der Waals surface area (Å²) < 4.78 is 0. The minimum Gasteiger partial charge on any atom is -0.477 e. The van der Waals surface area contributed by atoms with Crippen molar-refractivity contribution in [2.45, 2.75) is 31.7 Å². The van der Waals surface area contributed by atoms with E-state index in [0.29, 0.717) is 4.88 Å². The third-order valence-corrected chi connectivity index (χ3v) is 4.37. The maximum absolute atomic E-state index is 10.8. The minimum atomic E-state index is -0.805. The highest BCUT2D eigenvalue weighted by atomic mass is 32.1. The lowest BCUT2D eigenvalue weighted by atomic mass is 9.83. The Hall–Kier alpha value is -0.870. The first kappa shape index (κ1) is 10.6. The van der Waals surface area contributed by atoms with Crippen LogP contribution in [0.2, 0.25) is 0 Å². The van der Waals surface area contributed by atoms with Crippen molar-refractivity contribution >= 4 is 17.3 Å². The van der Waals surface area contributed by atoms with Crippen molar-refractivity contribution in [3.8, 4) is 0 Å². The summed E-state index contributed by atoms with van der Waals surface area (Å²) in [7, 11) is 1.97. The zero-order valence-electron chi connectivity index (χ0n) is 8.96. The number of hydrogen-bond acceptors (Lipinski definition) is 3. The monoisotopic (exact) mass is 225 g/mol. The Morgan fingerprint density at radius 1 is 1.67 bits per heavy atom. The molecule has 4 heteroatoms. The van der Waals surface area contributed by atoms with Gasteiger partial charge in [-0.15, -0.1) is 11.3 Å². The van der Waals surface area contributed by atoms with Gasteiger partial charge in [0.05, 0.1) is 0 Å². The number of likely N-dealkylation sites (N-methyl/N-ethyl adjacent to an activating group) is 1. The number of aryl methyl sites for hydroxylation is 1. The highest BCUT2D eigenvalue weighted by Crippen LogP contribution is 2.34. The van der Waals surface area contributed by atoms with Crippen molar-refractivity contribution in [2.24, 2.45) is 0 Å². The van der Waals surface area contributed by atoms with Gasteiger partial charge in [-0.2, -0.15) is 0 Å². The molecule has 1 unspecified atom stereocenters. The first-order valence-corrected chi connectivity index (χ1v) is 5.89. The smallest absolute Gasteiger partial charge is 0.345 e. The Labute approximate surface area is 93.1 Å². The van der Waals surface area contributed by atoms with Gasteiger partial charge in [0.25, 0.3) is 0 Å². The fraction of sp³-hybridized carbons (Fsp3) is 0.545. The van der Waals surface area contributed by atoms with Crippen molar-refractivity contribution in [3.63, 3.8) is 0 Å². The number of carbonyl (C=O) groups is 1. The molecule has 82 valence electrons. The first-order chi connectivity index (χ1) is 7.04. The van der Waals surface area contributed by atoms with Crippen LogP contribution in [0.5, 0.6) is 0 Å². The predicted octanol–water partition coefficient (Wildman–Crippen LogP) is 1.91. The van der Waals surface area contributed by atoms with Crippen LogP contribution in [0.4, 0.5) is 0 Å². The highest BCUT2D eigenvalue weighted by molar-refractivity contribution is 7.14. The van der Waals surface area contributed by atoms with Gasteiger partial charge in [-0.3, -0.25) is 0 Å². The number of aromatic carboxylic acids is 1. The molecule has 1 aliphatic carbocycles. The van der Waals surface area contributed by atoms with Gasteiger partial charge in [-0.25, -0.2) is 4.79 Å². The number of fused-ring (bicyclic) bond motifs is 1. The average Bonchev–Trinajstić information content (AvgIpc) is 2.60. The molecular formula is C11H15NO2S. The Morgan fingerprint density at radius 3 is 3.00 bits per heavy atom. The van der Waals surface area contributed by atoms with E-state index in [1.165, 1.54) is 21.8 Å². The molecule has 0 amide bonds. The van der Waals surface area contributed by atoms with Crippen molar-refractivity contribution in [2.75, 3.05) is 7.05 Å². The fourth-order valence-corrected chi connectivity index (χ4v) is 3.24. The topological polar surface area (TPSA) is 49.3 Å². The highest BCUT2D eigenvalue weighted by Gasteiger charge is 2.30. The van der Waals surface area contributed by atoms with Gasteiger partial charge in [0.2, 0.25) is 0 Å². The van der Waals surface area contributed by atoms with E-state index in [1.807, 2.05) is 13.1 Å². The molecular weight excluding hydrogens is 210 g/mol. The molecule has 0 bridgehead atoms.